The van der Waals surface area contributed by atoms with Crippen LogP contribution >= 0.6 is 0 Å². The minimum absolute atomic E-state index is 0.0249. The molecule has 0 spiro atoms. The molecule has 0 bridgehead atoms. The molecule has 2 fully saturated rings. The Balaban J connectivity index is 1.17. The summed E-state index contributed by atoms with van der Waals surface area (Å²) < 4.78 is 36.4. The van der Waals surface area contributed by atoms with Gasteiger partial charge in [0, 0.05) is 49.8 Å². The van der Waals surface area contributed by atoms with Crippen LogP contribution in [-0.2, 0) is 6.54 Å². The Bertz CT molecular complexity index is 1900. The Kier molecular flexibility index (Phi) is 8.61. The zero-order valence-electron chi connectivity index (χ0n) is 24.5. The van der Waals surface area contributed by atoms with Crippen LogP contribution in [0.4, 0.5) is 25.1 Å². The Morgan fingerprint density at radius 2 is 1.70 bits per heavy atom. The van der Waals surface area contributed by atoms with Crippen molar-refractivity contribution < 1.29 is 28.2 Å². The van der Waals surface area contributed by atoms with Crippen LogP contribution in [0.2, 0.25) is 0 Å². The van der Waals surface area contributed by atoms with Crippen LogP contribution < -0.4 is 26.6 Å². The molecule has 2 aromatic heterocycles. The number of carbonyl (C=O) groups is 2. The van der Waals surface area contributed by atoms with Gasteiger partial charge in [0.25, 0.3) is 11.5 Å². The monoisotopic (exact) mass is 632 g/mol. The number of urea groups is 1. The highest BCUT2D eigenvalue weighted by molar-refractivity contribution is 6.03. The quantitative estimate of drug-likeness (QED) is 0.265. The van der Waals surface area contributed by atoms with Crippen molar-refractivity contribution in [1.29, 1.82) is 0 Å². The third kappa shape index (κ3) is 6.96. The van der Waals surface area contributed by atoms with E-state index >= 15 is 4.39 Å². The second-order valence-corrected chi connectivity index (χ2v) is 11.3. The Hall–Kier alpha value is -5.37. The lowest BCUT2D eigenvalue weighted by Crippen LogP contribution is -2.42. The summed E-state index contributed by atoms with van der Waals surface area (Å²) in [6.07, 6.45) is 4.96. The number of hydrogen-bond acceptors (Lipinski definition) is 7. The molecule has 2 aliphatic rings. The predicted molar refractivity (Wildman–Crippen MR) is 163 cm³/mol. The van der Waals surface area contributed by atoms with E-state index in [4.69, 9.17) is 4.74 Å². The molecule has 0 radical (unpaired) electrons. The fraction of sp³-hybridized carbons (Fsp3) is 0.281. The van der Waals surface area contributed by atoms with Crippen molar-refractivity contribution in [2.24, 2.45) is 5.92 Å². The molecule has 14 heteroatoms. The Morgan fingerprint density at radius 1 is 0.957 bits per heavy atom. The zero-order chi connectivity index (χ0) is 32.4. The summed E-state index contributed by atoms with van der Waals surface area (Å²) in [5.41, 5.74) is -1.78. The molecule has 1 saturated heterocycles. The number of aromatic nitrogens is 3. The van der Waals surface area contributed by atoms with Crippen LogP contribution in [0.25, 0.3) is 5.69 Å². The van der Waals surface area contributed by atoms with Crippen LogP contribution in [0, 0.1) is 17.6 Å². The van der Waals surface area contributed by atoms with Gasteiger partial charge >= 0.3 is 11.7 Å². The highest BCUT2D eigenvalue weighted by Gasteiger charge is 2.26. The number of hydrogen-bond donors (Lipinski definition) is 3. The number of nitrogens with zero attached hydrogens (tertiary/aromatic N) is 4. The largest absolute Gasteiger partial charge is 0.454 e. The number of ether oxygens (including phenoxy) is 1. The maximum Gasteiger partial charge on any atom is 0.335 e. The highest BCUT2D eigenvalue weighted by atomic mass is 19.1. The van der Waals surface area contributed by atoms with Crippen LogP contribution in [0.5, 0.6) is 11.5 Å². The average Bonchev–Trinajstić information content (AvgIpc) is 3.85. The van der Waals surface area contributed by atoms with Gasteiger partial charge in [-0.25, -0.2) is 27.9 Å². The first-order chi connectivity index (χ1) is 22.1. The van der Waals surface area contributed by atoms with Crippen LogP contribution in [0.15, 0.2) is 76.6 Å². The minimum atomic E-state index is -0.903. The molecule has 1 saturated carbocycles. The summed E-state index contributed by atoms with van der Waals surface area (Å²) in [5.74, 6) is -1.80. The summed E-state index contributed by atoms with van der Waals surface area (Å²) in [7, 11) is 0. The number of rotatable bonds is 8. The lowest BCUT2D eigenvalue weighted by molar-refractivity contribution is 0.0971. The molecule has 0 unspecified atom stereocenters. The van der Waals surface area contributed by atoms with Crippen molar-refractivity contribution in [3.63, 3.8) is 0 Å². The summed E-state index contributed by atoms with van der Waals surface area (Å²) in [4.78, 5) is 58.0. The number of aliphatic hydroxyl groups is 1. The fourth-order valence-corrected chi connectivity index (χ4v) is 5.07. The Labute approximate surface area is 260 Å². The molecule has 3 amide bonds. The van der Waals surface area contributed by atoms with Gasteiger partial charge in [-0.05, 0) is 74.1 Å². The third-order valence-corrected chi connectivity index (χ3v) is 7.77. The SMILES string of the molecule is O=C(Nc1ccc(Oc2ccnc(NC(=O)N3CCC(O)CC3)c2)c(F)c1)c1cn(CC2CC2)c(=O)n(-c2ccc(F)cc2)c1=O. The van der Waals surface area contributed by atoms with Crippen molar-refractivity contribution in [3.8, 4) is 17.2 Å². The summed E-state index contributed by atoms with van der Waals surface area (Å²) >= 11 is 0. The molecule has 0 atom stereocenters. The van der Waals surface area contributed by atoms with E-state index in [1.165, 1.54) is 53.4 Å². The normalized spacial score (nSPS) is 15.0. The van der Waals surface area contributed by atoms with Gasteiger partial charge in [0.05, 0.1) is 11.8 Å². The van der Waals surface area contributed by atoms with E-state index in [9.17, 15) is 28.7 Å². The number of carbonyl (C=O) groups excluding carboxylic acids is 2. The maximum atomic E-state index is 15.1. The molecule has 238 valence electrons. The number of benzene rings is 2. The lowest BCUT2D eigenvalue weighted by atomic mass is 10.1. The standard InChI is InChI=1S/C32H30F2N6O6/c33-20-3-6-22(7-4-20)40-30(43)25(18-39(32(40)45)17-19-1-2-19)29(42)36-21-5-8-27(26(34)15-21)46-24-9-12-35-28(16-24)37-31(44)38-13-10-23(41)11-14-38/h3-9,12,15-16,18-19,23,41H,1-2,10-11,13-14,17H2,(H,36,42)(H,35,37,44). The number of likely N-dealkylation sites (tertiary alicyclic amines) is 1. The van der Waals surface area contributed by atoms with E-state index < -0.39 is 34.9 Å². The lowest BCUT2D eigenvalue weighted by Gasteiger charge is -2.29. The van der Waals surface area contributed by atoms with Gasteiger partial charge in [-0.1, -0.05) is 0 Å². The number of halogens is 2. The average molecular weight is 633 g/mol. The van der Waals surface area contributed by atoms with Crippen molar-refractivity contribution in [1.82, 2.24) is 19.0 Å². The summed E-state index contributed by atoms with van der Waals surface area (Å²) in [6.45, 7) is 1.13. The van der Waals surface area contributed by atoms with Gasteiger partial charge in [0.15, 0.2) is 11.6 Å². The summed E-state index contributed by atoms with van der Waals surface area (Å²) in [6, 6.07) is 11.0. The van der Waals surface area contributed by atoms with Gasteiger partial charge in [-0.2, -0.15) is 0 Å². The molecule has 46 heavy (non-hydrogen) atoms. The van der Waals surface area contributed by atoms with Crippen molar-refractivity contribution >= 4 is 23.4 Å². The molecule has 12 nitrogen and oxygen atoms in total. The number of anilines is 2. The maximum absolute atomic E-state index is 15.1. The second kappa shape index (κ2) is 12.9. The van der Waals surface area contributed by atoms with Gasteiger partial charge in [-0.15, -0.1) is 0 Å². The molecular weight excluding hydrogens is 602 g/mol. The van der Waals surface area contributed by atoms with E-state index in [-0.39, 0.29) is 46.2 Å². The minimum Gasteiger partial charge on any atom is -0.454 e. The van der Waals surface area contributed by atoms with E-state index in [0.29, 0.717) is 32.5 Å². The molecule has 3 N–H and O–H groups in total. The number of aliphatic hydroxyl groups excluding tert-OH is 1. The molecular formula is C32H30F2N6O6. The van der Waals surface area contributed by atoms with Crippen LogP contribution in [0.3, 0.4) is 0 Å². The zero-order valence-corrected chi connectivity index (χ0v) is 24.5. The molecule has 4 aromatic rings. The van der Waals surface area contributed by atoms with E-state index in [2.05, 4.69) is 15.6 Å². The van der Waals surface area contributed by atoms with Gasteiger partial charge in [0.1, 0.15) is 22.9 Å². The Morgan fingerprint density at radius 3 is 2.39 bits per heavy atom. The molecule has 6 rings (SSSR count). The number of nitrogens with one attached hydrogen (secondary N) is 2. The highest BCUT2D eigenvalue weighted by Crippen LogP contribution is 2.30. The molecule has 1 aliphatic heterocycles. The number of pyridine rings is 1. The van der Waals surface area contributed by atoms with E-state index in [0.717, 1.165) is 35.6 Å². The number of piperidine rings is 1. The van der Waals surface area contributed by atoms with Crippen molar-refractivity contribution in [3.05, 3.63) is 105 Å². The van der Waals surface area contributed by atoms with Gasteiger partial charge in [-0.3, -0.25) is 19.5 Å². The fourth-order valence-electron chi connectivity index (χ4n) is 5.07. The van der Waals surface area contributed by atoms with Crippen molar-refractivity contribution in [2.75, 3.05) is 23.7 Å². The first-order valence-corrected chi connectivity index (χ1v) is 14.8. The van der Waals surface area contributed by atoms with Gasteiger partial charge < -0.3 is 20.1 Å². The van der Waals surface area contributed by atoms with Crippen molar-refractivity contribution in [2.45, 2.75) is 38.3 Å². The predicted octanol–water partition coefficient (Wildman–Crippen LogP) is 4.12. The molecule has 1 aliphatic carbocycles. The third-order valence-electron chi connectivity index (χ3n) is 7.77. The smallest absolute Gasteiger partial charge is 0.335 e. The summed E-state index contributed by atoms with van der Waals surface area (Å²) in [5, 5.41) is 14.8. The topological polar surface area (TPSA) is 148 Å². The van der Waals surface area contributed by atoms with Gasteiger partial charge in [0.2, 0.25) is 0 Å². The molecule has 2 aromatic carbocycles. The van der Waals surface area contributed by atoms with E-state index in [1.54, 1.807) is 4.90 Å². The second-order valence-electron chi connectivity index (χ2n) is 11.3. The first-order valence-electron chi connectivity index (χ1n) is 14.8. The van der Waals surface area contributed by atoms with Crippen LogP contribution in [0.1, 0.15) is 36.0 Å². The van der Waals surface area contributed by atoms with E-state index in [1.807, 2.05) is 0 Å². The van der Waals surface area contributed by atoms with Crippen LogP contribution in [-0.4, -0.2) is 55.3 Å². The first kappa shape index (κ1) is 30.6. The number of amides is 3. The molecule has 3 heterocycles.